The number of amides is 2. The van der Waals surface area contributed by atoms with E-state index in [-0.39, 0.29) is 0 Å². The number of methoxy groups -OCH3 is 2. The molecule has 32 heavy (non-hydrogen) atoms. The first-order chi connectivity index (χ1) is 15.3. The summed E-state index contributed by atoms with van der Waals surface area (Å²) in [6, 6.07) is 10.7. The molecule has 4 aromatic rings. The van der Waals surface area contributed by atoms with Gasteiger partial charge >= 0.3 is 0 Å². The molecule has 1 aliphatic heterocycles. The van der Waals surface area contributed by atoms with Crippen LogP contribution in [0.2, 0.25) is 10.0 Å². The molecular weight excluding hydrogens is 453 g/mol. The van der Waals surface area contributed by atoms with E-state index in [2.05, 4.69) is 9.97 Å². The highest BCUT2D eigenvalue weighted by Crippen LogP contribution is 2.62. The molecule has 2 aromatic heterocycles. The minimum Gasteiger partial charge on any atom is -0.360 e. The minimum absolute atomic E-state index is 0.502. The lowest BCUT2D eigenvalue weighted by atomic mass is 9.68. The summed E-state index contributed by atoms with van der Waals surface area (Å²) in [5.74, 6) is -1.00. The largest absolute Gasteiger partial charge is 0.360 e. The third-order valence-corrected chi connectivity index (χ3v) is 7.27. The van der Waals surface area contributed by atoms with Crippen molar-refractivity contribution < 1.29 is 19.1 Å². The molecule has 0 saturated carbocycles. The second kappa shape index (κ2) is 6.14. The van der Waals surface area contributed by atoms with E-state index < -0.39 is 23.0 Å². The van der Waals surface area contributed by atoms with Crippen LogP contribution < -0.4 is 0 Å². The molecule has 1 aliphatic carbocycles. The number of nitrogens with one attached hydrogen (secondary N) is 2. The fraction of sp³-hybridized carbons (Fsp3) is 0.217. The average Bonchev–Trinajstić information content (AvgIpc) is 3.38. The normalized spacial score (nSPS) is 24.3. The number of halogens is 2. The van der Waals surface area contributed by atoms with E-state index in [1.807, 2.05) is 12.1 Å². The lowest BCUT2D eigenvalue weighted by Crippen LogP contribution is -2.56. The van der Waals surface area contributed by atoms with Gasteiger partial charge in [-0.05, 0) is 24.3 Å². The first kappa shape index (κ1) is 19.8. The fourth-order valence-electron chi connectivity index (χ4n) is 5.54. The number of aromatic nitrogens is 2. The molecule has 9 heteroatoms. The molecule has 0 spiro atoms. The van der Waals surface area contributed by atoms with Crippen LogP contribution in [0.25, 0.3) is 33.2 Å². The molecule has 2 amide bonds. The summed E-state index contributed by atoms with van der Waals surface area (Å²) in [4.78, 5) is 35.4. The lowest BCUT2D eigenvalue weighted by molar-refractivity contribution is -0.189. The Morgan fingerprint density at radius 2 is 1.19 bits per heavy atom. The summed E-state index contributed by atoms with van der Waals surface area (Å²) in [5, 5.41) is 2.50. The van der Waals surface area contributed by atoms with Crippen LogP contribution in [0, 0.1) is 0 Å². The lowest BCUT2D eigenvalue weighted by Gasteiger charge is -2.43. The van der Waals surface area contributed by atoms with Crippen LogP contribution in [0.3, 0.4) is 0 Å². The molecule has 0 radical (unpaired) electrons. The zero-order chi connectivity index (χ0) is 22.6. The maximum Gasteiger partial charge on any atom is 0.270 e. The minimum atomic E-state index is -1.74. The molecule has 0 bridgehead atoms. The molecule has 3 heterocycles. The molecule has 1 fully saturated rings. The Morgan fingerprint density at radius 3 is 1.56 bits per heavy atom. The van der Waals surface area contributed by atoms with Crippen LogP contribution >= 0.6 is 23.2 Å². The Bertz CT molecular complexity index is 1390. The highest BCUT2D eigenvalue weighted by atomic mass is 35.5. The van der Waals surface area contributed by atoms with E-state index in [4.69, 9.17) is 32.7 Å². The van der Waals surface area contributed by atoms with E-state index in [1.165, 1.54) is 21.3 Å². The third kappa shape index (κ3) is 1.93. The van der Waals surface area contributed by atoms with Crippen molar-refractivity contribution in [3.8, 4) is 11.4 Å². The molecule has 7 nitrogen and oxygen atoms in total. The van der Waals surface area contributed by atoms with Gasteiger partial charge in [0.15, 0.2) is 0 Å². The quantitative estimate of drug-likeness (QED) is 0.428. The summed E-state index contributed by atoms with van der Waals surface area (Å²) in [5.41, 5.74) is 0.272. The van der Waals surface area contributed by atoms with Crippen molar-refractivity contribution in [1.82, 2.24) is 14.9 Å². The second-order valence-corrected chi connectivity index (χ2v) is 8.94. The monoisotopic (exact) mass is 469 g/mol. The van der Waals surface area contributed by atoms with Gasteiger partial charge in [-0.25, -0.2) is 0 Å². The molecule has 2 aromatic carbocycles. The molecule has 1 saturated heterocycles. The first-order valence-corrected chi connectivity index (χ1v) is 10.6. The number of nitrogens with zero attached hydrogens (tertiary/aromatic N) is 1. The SMILES string of the molecule is COC12C(=O)N(C)C(=O)C1(OC)c1c([nH]c3cc(Cl)ccc13)-c1[nH]c3cc(Cl)ccc3c12. The van der Waals surface area contributed by atoms with Gasteiger partial charge in [-0.2, -0.15) is 0 Å². The van der Waals surface area contributed by atoms with Crippen molar-refractivity contribution >= 4 is 56.8 Å². The van der Waals surface area contributed by atoms with Crippen molar-refractivity contribution in [2.24, 2.45) is 0 Å². The van der Waals surface area contributed by atoms with Crippen LogP contribution in [0.5, 0.6) is 0 Å². The number of carbonyl (C=O) groups is 2. The van der Waals surface area contributed by atoms with Crippen molar-refractivity contribution in [2.45, 2.75) is 11.2 Å². The molecule has 2 aliphatic rings. The number of H-pyrrole nitrogens is 2. The number of hydrogen-bond donors (Lipinski definition) is 2. The van der Waals surface area contributed by atoms with Crippen molar-refractivity contribution in [3.05, 3.63) is 57.6 Å². The first-order valence-electron chi connectivity index (χ1n) is 9.88. The Morgan fingerprint density at radius 1 is 0.781 bits per heavy atom. The van der Waals surface area contributed by atoms with Crippen molar-refractivity contribution in [3.63, 3.8) is 0 Å². The van der Waals surface area contributed by atoms with Crippen LogP contribution in [-0.4, -0.2) is 47.9 Å². The molecule has 2 atom stereocenters. The maximum absolute atomic E-state index is 13.8. The number of rotatable bonds is 2. The number of benzene rings is 2. The molecule has 2 unspecified atom stereocenters. The number of likely N-dealkylation sites (N-methyl/N-ethyl adjacent to an activating group) is 1. The Labute approximate surface area is 192 Å². The number of likely N-dealkylation sites (tertiary alicyclic amines) is 1. The summed E-state index contributed by atoms with van der Waals surface area (Å²) in [6.45, 7) is 0. The van der Waals surface area contributed by atoms with Crippen molar-refractivity contribution in [1.29, 1.82) is 0 Å². The van der Waals surface area contributed by atoms with Gasteiger partial charge in [0, 0.05) is 64.2 Å². The fourth-order valence-corrected chi connectivity index (χ4v) is 5.89. The van der Waals surface area contributed by atoms with Gasteiger partial charge < -0.3 is 19.4 Å². The Balaban J connectivity index is 1.90. The van der Waals surface area contributed by atoms with Gasteiger partial charge in [0.2, 0.25) is 11.2 Å². The number of imide groups is 1. The predicted octanol–water partition coefficient (Wildman–Crippen LogP) is 4.32. The van der Waals surface area contributed by atoms with Gasteiger partial charge in [0.1, 0.15) is 0 Å². The second-order valence-electron chi connectivity index (χ2n) is 8.07. The number of ether oxygens (including phenoxy) is 2. The van der Waals surface area contributed by atoms with E-state index in [0.29, 0.717) is 54.4 Å². The van der Waals surface area contributed by atoms with E-state index in [9.17, 15) is 9.59 Å². The van der Waals surface area contributed by atoms with Gasteiger partial charge in [-0.15, -0.1) is 0 Å². The zero-order valence-corrected chi connectivity index (χ0v) is 18.8. The Hall–Kier alpha value is -2.84. The summed E-state index contributed by atoms with van der Waals surface area (Å²) >= 11 is 12.5. The molecular formula is C23H17Cl2N3O4. The van der Waals surface area contributed by atoms with Gasteiger partial charge in [-0.1, -0.05) is 35.3 Å². The highest BCUT2D eigenvalue weighted by molar-refractivity contribution is 6.32. The topological polar surface area (TPSA) is 87.4 Å². The van der Waals surface area contributed by atoms with Crippen LogP contribution in [-0.2, 0) is 30.3 Å². The van der Waals surface area contributed by atoms with Crippen LogP contribution in [0.15, 0.2) is 36.4 Å². The summed E-state index contributed by atoms with van der Waals surface area (Å²) in [7, 11) is 4.29. The predicted molar refractivity (Wildman–Crippen MR) is 121 cm³/mol. The molecule has 2 N–H and O–H groups in total. The van der Waals surface area contributed by atoms with Crippen LogP contribution in [0.1, 0.15) is 11.1 Å². The van der Waals surface area contributed by atoms with E-state index in [0.717, 1.165) is 4.90 Å². The van der Waals surface area contributed by atoms with Gasteiger partial charge in [0.05, 0.1) is 11.4 Å². The number of aromatic amines is 2. The van der Waals surface area contributed by atoms with E-state index >= 15 is 0 Å². The van der Waals surface area contributed by atoms with Gasteiger partial charge in [0.25, 0.3) is 11.8 Å². The summed E-state index contributed by atoms with van der Waals surface area (Å²) < 4.78 is 12.1. The average molecular weight is 470 g/mol. The Kier molecular flexibility index (Phi) is 3.80. The zero-order valence-electron chi connectivity index (χ0n) is 17.3. The maximum atomic E-state index is 13.8. The highest BCUT2D eigenvalue weighted by Gasteiger charge is 2.76. The number of fused-ring (bicyclic) bond motifs is 10. The number of carbonyl (C=O) groups excluding carboxylic acids is 2. The smallest absolute Gasteiger partial charge is 0.270 e. The van der Waals surface area contributed by atoms with Crippen molar-refractivity contribution in [2.75, 3.05) is 21.3 Å². The standard InChI is InChI=1S/C23H17Cl2N3O4/c1-28-20(29)22(31-2)16-12-6-4-10(24)8-14(12)26-18(16)19-17(23(22,32-3)21(28)30)13-7-5-11(25)9-15(13)27-19/h4-9,26-27H,1-3H3. The molecule has 6 rings (SSSR count). The van der Waals surface area contributed by atoms with Crippen LogP contribution in [0.4, 0.5) is 0 Å². The third-order valence-electron chi connectivity index (χ3n) is 6.80. The van der Waals surface area contributed by atoms with E-state index in [1.54, 1.807) is 24.3 Å². The summed E-state index contributed by atoms with van der Waals surface area (Å²) in [6.07, 6.45) is 0. The number of hydrogen-bond acceptors (Lipinski definition) is 4. The van der Waals surface area contributed by atoms with Gasteiger partial charge in [-0.3, -0.25) is 14.5 Å². The molecule has 162 valence electrons.